The third kappa shape index (κ3) is 3.66. The van der Waals surface area contributed by atoms with Crippen molar-refractivity contribution in [2.75, 3.05) is 6.54 Å². The lowest BCUT2D eigenvalue weighted by atomic mass is 9.99. The lowest BCUT2D eigenvalue weighted by molar-refractivity contribution is -0.137. The third-order valence-corrected chi connectivity index (χ3v) is 7.84. The van der Waals surface area contributed by atoms with Gasteiger partial charge in [-0.15, -0.1) is 0 Å². The number of nitrogens with zero attached hydrogens (tertiary/aromatic N) is 3. The Bertz CT molecular complexity index is 1540. The Hall–Kier alpha value is -3.91. The zero-order valence-corrected chi connectivity index (χ0v) is 19.4. The fraction of sp³-hybridized carbons (Fsp3) is 0.154. The van der Waals surface area contributed by atoms with Crippen molar-refractivity contribution >= 4 is 32.6 Å². The first-order chi connectivity index (χ1) is 16.4. The van der Waals surface area contributed by atoms with Crippen molar-refractivity contribution in [2.24, 2.45) is 5.10 Å². The number of carbonyl (C=O) groups is 1. The minimum absolute atomic E-state index is 0.191. The number of carboxylic acid groups (broad SMARTS) is 1. The zero-order chi connectivity index (χ0) is 23.9. The smallest absolute Gasteiger partial charge is 0.323 e. The number of sulfonamides is 1. The minimum atomic E-state index is -3.83. The number of hydrazone groups is 1. The summed E-state index contributed by atoms with van der Waals surface area (Å²) in [6.07, 6.45) is 0.513. The Morgan fingerprint density at radius 1 is 0.941 bits per heavy atom. The number of hydrogen-bond donors (Lipinski definition) is 1. The van der Waals surface area contributed by atoms with E-state index in [-0.39, 0.29) is 18.0 Å². The van der Waals surface area contributed by atoms with Crippen molar-refractivity contribution in [2.45, 2.75) is 24.8 Å². The molecule has 4 aromatic rings. The van der Waals surface area contributed by atoms with Gasteiger partial charge in [-0.2, -0.15) is 17.9 Å². The molecule has 0 atom stereocenters. The van der Waals surface area contributed by atoms with Gasteiger partial charge in [0, 0.05) is 27.7 Å². The molecule has 2 heterocycles. The van der Waals surface area contributed by atoms with E-state index in [1.807, 2.05) is 61.5 Å². The van der Waals surface area contributed by atoms with Crippen molar-refractivity contribution in [1.82, 2.24) is 8.98 Å². The summed E-state index contributed by atoms with van der Waals surface area (Å²) in [5.41, 5.74) is 4.28. The third-order valence-electron chi connectivity index (χ3n) is 6.10. The molecule has 0 amide bonds. The summed E-state index contributed by atoms with van der Waals surface area (Å²) in [6, 6.07) is 24.0. The van der Waals surface area contributed by atoms with E-state index in [9.17, 15) is 18.3 Å². The molecule has 0 fully saturated rings. The molecule has 1 aromatic heterocycles. The van der Waals surface area contributed by atoms with E-state index in [0.29, 0.717) is 17.7 Å². The van der Waals surface area contributed by atoms with E-state index in [2.05, 4.69) is 5.10 Å². The first-order valence-corrected chi connectivity index (χ1v) is 12.4. The summed E-state index contributed by atoms with van der Waals surface area (Å²) < 4.78 is 29.8. The van der Waals surface area contributed by atoms with Crippen LogP contribution in [0.2, 0.25) is 0 Å². The van der Waals surface area contributed by atoms with Crippen LogP contribution in [0.1, 0.15) is 22.4 Å². The normalized spacial score (nSPS) is 14.6. The van der Waals surface area contributed by atoms with Gasteiger partial charge < -0.3 is 9.67 Å². The Labute approximate surface area is 197 Å². The molecule has 8 heteroatoms. The van der Waals surface area contributed by atoms with Gasteiger partial charge in [-0.1, -0.05) is 66.7 Å². The maximum absolute atomic E-state index is 13.4. The van der Waals surface area contributed by atoms with Crippen LogP contribution in [0.25, 0.3) is 10.9 Å². The highest BCUT2D eigenvalue weighted by molar-refractivity contribution is 7.89. The summed E-state index contributed by atoms with van der Waals surface area (Å²) in [5.74, 6) is -0.951. The van der Waals surface area contributed by atoms with E-state index >= 15 is 0 Å². The summed E-state index contributed by atoms with van der Waals surface area (Å²) in [5, 5.41) is 15.0. The number of carboxylic acids is 1. The average molecular weight is 474 g/mol. The predicted octanol–water partition coefficient (Wildman–Crippen LogP) is 4.03. The molecule has 0 saturated heterocycles. The SMILES string of the molecule is Cc1c(C2=NN(CCc3ccccc3)S(=O)(=O)c3ccccc32)c2ccccc2n1CC(=O)O. The largest absolute Gasteiger partial charge is 0.480 e. The van der Waals surface area contributed by atoms with Crippen LogP contribution in [0.15, 0.2) is 88.9 Å². The fourth-order valence-corrected chi connectivity index (χ4v) is 5.95. The molecule has 0 saturated carbocycles. The molecule has 7 nitrogen and oxygen atoms in total. The number of rotatable bonds is 6. The Morgan fingerprint density at radius 2 is 1.62 bits per heavy atom. The van der Waals surface area contributed by atoms with Crippen LogP contribution in [0, 0.1) is 6.92 Å². The van der Waals surface area contributed by atoms with E-state index < -0.39 is 16.0 Å². The first-order valence-electron chi connectivity index (χ1n) is 10.9. The topological polar surface area (TPSA) is 92.0 Å². The molecule has 34 heavy (non-hydrogen) atoms. The summed E-state index contributed by atoms with van der Waals surface area (Å²) in [7, 11) is -3.83. The van der Waals surface area contributed by atoms with Crippen LogP contribution in [-0.2, 0) is 27.8 Å². The summed E-state index contributed by atoms with van der Waals surface area (Å²) in [4.78, 5) is 11.8. The standard InChI is InChI=1S/C26H23N3O4S/c1-18-25(20-11-5-7-13-22(20)28(18)17-24(30)31)26-21-12-6-8-14-23(21)34(32,33)29(27-26)16-15-19-9-3-2-4-10-19/h2-14H,15-17H2,1H3,(H,30,31). The van der Waals surface area contributed by atoms with Gasteiger partial charge in [0.1, 0.15) is 12.3 Å². The van der Waals surface area contributed by atoms with Crippen molar-refractivity contribution in [3.63, 3.8) is 0 Å². The van der Waals surface area contributed by atoms with Crippen LogP contribution in [0.4, 0.5) is 0 Å². The molecular formula is C26H23N3O4S. The van der Waals surface area contributed by atoms with Crippen molar-refractivity contribution in [3.8, 4) is 0 Å². The second kappa shape index (κ2) is 8.46. The lowest BCUT2D eigenvalue weighted by Gasteiger charge is -2.27. The van der Waals surface area contributed by atoms with Gasteiger partial charge in [-0.25, -0.2) is 0 Å². The number of para-hydroxylation sites is 1. The maximum atomic E-state index is 13.4. The van der Waals surface area contributed by atoms with Gasteiger partial charge in [-0.3, -0.25) is 4.79 Å². The van der Waals surface area contributed by atoms with Gasteiger partial charge in [0.05, 0.1) is 11.4 Å². The molecule has 172 valence electrons. The zero-order valence-electron chi connectivity index (χ0n) is 18.5. The van der Waals surface area contributed by atoms with E-state index in [4.69, 9.17) is 0 Å². The average Bonchev–Trinajstić information content (AvgIpc) is 3.10. The minimum Gasteiger partial charge on any atom is -0.480 e. The fourth-order valence-electron chi connectivity index (χ4n) is 4.51. The van der Waals surface area contributed by atoms with Crippen LogP contribution in [0.3, 0.4) is 0 Å². The molecular weight excluding hydrogens is 450 g/mol. The molecule has 5 rings (SSSR count). The number of hydrogen-bond acceptors (Lipinski definition) is 4. The van der Waals surface area contributed by atoms with Crippen LogP contribution in [-0.4, -0.2) is 40.7 Å². The predicted molar refractivity (Wildman–Crippen MR) is 130 cm³/mol. The molecule has 3 aromatic carbocycles. The number of aromatic nitrogens is 1. The van der Waals surface area contributed by atoms with Crippen LogP contribution in [0.5, 0.6) is 0 Å². The van der Waals surface area contributed by atoms with E-state index in [0.717, 1.165) is 27.7 Å². The molecule has 0 aliphatic carbocycles. The Balaban J connectivity index is 1.70. The highest BCUT2D eigenvalue weighted by atomic mass is 32.2. The number of fused-ring (bicyclic) bond motifs is 2. The highest BCUT2D eigenvalue weighted by Gasteiger charge is 2.34. The van der Waals surface area contributed by atoms with Gasteiger partial charge in [-0.05, 0) is 31.0 Å². The molecule has 0 spiro atoms. The maximum Gasteiger partial charge on any atom is 0.323 e. The van der Waals surface area contributed by atoms with Crippen LogP contribution >= 0.6 is 0 Å². The van der Waals surface area contributed by atoms with E-state index in [1.54, 1.807) is 28.8 Å². The van der Waals surface area contributed by atoms with Gasteiger partial charge >= 0.3 is 5.97 Å². The first kappa shape index (κ1) is 21.9. The number of aliphatic carboxylic acids is 1. The molecule has 0 unspecified atom stereocenters. The van der Waals surface area contributed by atoms with Gasteiger partial charge in [0.15, 0.2) is 0 Å². The van der Waals surface area contributed by atoms with Crippen LogP contribution < -0.4 is 0 Å². The van der Waals surface area contributed by atoms with Gasteiger partial charge in [0.2, 0.25) is 0 Å². The quantitative estimate of drug-likeness (QED) is 0.458. The second-order valence-corrected chi connectivity index (χ2v) is 10.0. The van der Waals surface area contributed by atoms with Gasteiger partial charge in [0.25, 0.3) is 10.0 Å². The highest BCUT2D eigenvalue weighted by Crippen LogP contribution is 2.34. The summed E-state index contributed by atoms with van der Waals surface area (Å²) >= 11 is 0. The van der Waals surface area contributed by atoms with Crippen molar-refractivity contribution in [1.29, 1.82) is 0 Å². The molecule has 0 radical (unpaired) electrons. The molecule has 1 aliphatic heterocycles. The Kier molecular flexibility index (Phi) is 5.45. The Morgan fingerprint density at radius 3 is 2.38 bits per heavy atom. The monoisotopic (exact) mass is 473 g/mol. The van der Waals surface area contributed by atoms with Crippen molar-refractivity contribution in [3.05, 3.63) is 101 Å². The molecule has 0 bridgehead atoms. The summed E-state index contributed by atoms with van der Waals surface area (Å²) in [6.45, 7) is 1.84. The lowest BCUT2D eigenvalue weighted by Crippen LogP contribution is -2.35. The number of benzene rings is 3. The van der Waals surface area contributed by atoms with Crippen molar-refractivity contribution < 1.29 is 18.3 Å². The van der Waals surface area contributed by atoms with E-state index in [1.165, 1.54) is 4.41 Å². The second-order valence-electron chi connectivity index (χ2n) is 8.19. The molecule has 1 N–H and O–H groups in total. The molecule has 1 aliphatic rings.